The molecule has 2 rings (SSSR count). The second-order valence-electron chi connectivity index (χ2n) is 2.95. The van der Waals surface area contributed by atoms with Crippen LogP contribution in [-0.4, -0.2) is 28.1 Å². The highest BCUT2D eigenvalue weighted by Crippen LogP contribution is 2.10. The molecule has 0 N–H and O–H groups in total. The second kappa shape index (κ2) is 3.01. The molecule has 5 nitrogen and oxygen atoms in total. The van der Waals surface area contributed by atoms with Crippen molar-refractivity contribution in [2.75, 3.05) is 6.54 Å². The van der Waals surface area contributed by atoms with Crippen molar-refractivity contribution in [3.8, 4) is 0 Å². The average Bonchev–Trinajstić information content (AvgIpc) is 2.63. The van der Waals surface area contributed by atoms with Crippen molar-refractivity contribution in [3.05, 3.63) is 18.4 Å². The Balaban J connectivity index is 2.03. The van der Waals surface area contributed by atoms with Crippen LogP contribution in [0.2, 0.25) is 0 Å². The molecule has 0 spiro atoms. The van der Waals surface area contributed by atoms with Gasteiger partial charge in [-0.05, 0) is 0 Å². The van der Waals surface area contributed by atoms with Gasteiger partial charge in [-0.2, -0.15) is 0 Å². The summed E-state index contributed by atoms with van der Waals surface area (Å²) in [4.78, 5) is 27.4. The molecule has 1 aliphatic rings. The van der Waals surface area contributed by atoms with Crippen molar-refractivity contribution in [3.63, 3.8) is 0 Å². The van der Waals surface area contributed by atoms with Crippen molar-refractivity contribution >= 4 is 11.7 Å². The van der Waals surface area contributed by atoms with Crippen LogP contribution in [0.4, 0.5) is 0 Å². The van der Waals surface area contributed by atoms with Crippen LogP contribution in [-0.2, 0) is 16.1 Å². The van der Waals surface area contributed by atoms with Gasteiger partial charge < -0.3 is 9.32 Å². The fraction of sp³-hybridized carbons (Fsp3) is 0.375. The first-order valence-corrected chi connectivity index (χ1v) is 3.92. The third-order valence-electron chi connectivity index (χ3n) is 1.90. The van der Waals surface area contributed by atoms with E-state index in [9.17, 15) is 9.59 Å². The van der Waals surface area contributed by atoms with Crippen molar-refractivity contribution in [2.45, 2.75) is 13.0 Å². The van der Waals surface area contributed by atoms with Crippen molar-refractivity contribution in [1.29, 1.82) is 0 Å². The zero-order chi connectivity index (χ0) is 9.26. The summed E-state index contributed by atoms with van der Waals surface area (Å²) in [7, 11) is 0. The lowest BCUT2D eigenvalue weighted by Crippen LogP contribution is -2.24. The Morgan fingerprint density at radius 2 is 2.38 bits per heavy atom. The number of oxazole rings is 1. The monoisotopic (exact) mass is 180 g/mol. The number of carbonyl (C=O) groups is 2. The predicted molar refractivity (Wildman–Crippen MR) is 41.5 cm³/mol. The molecule has 1 aliphatic heterocycles. The number of carbonyl (C=O) groups excluding carboxylic acids is 2. The SMILES string of the molecule is O=C1CC(=O)N(Cc2cocn2)C1. The van der Waals surface area contributed by atoms with Crippen LogP contribution in [0.5, 0.6) is 0 Å². The maximum Gasteiger partial charge on any atom is 0.230 e. The van der Waals surface area contributed by atoms with Crippen LogP contribution >= 0.6 is 0 Å². The second-order valence-corrected chi connectivity index (χ2v) is 2.95. The lowest BCUT2D eigenvalue weighted by Gasteiger charge is -2.11. The number of amides is 1. The first-order valence-electron chi connectivity index (χ1n) is 3.92. The highest BCUT2D eigenvalue weighted by atomic mass is 16.3. The summed E-state index contributed by atoms with van der Waals surface area (Å²) < 4.78 is 4.75. The molecule has 0 radical (unpaired) electrons. The molecule has 0 aliphatic carbocycles. The summed E-state index contributed by atoms with van der Waals surface area (Å²) in [6.45, 7) is 0.562. The standard InChI is InChI=1S/C8H8N2O3/c11-7-1-8(12)10(3-7)2-6-4-13-5-9-6/h4-5H,1-3H2. The third-order valence-corrected chi connectivity index (χ3v) is 1.90. The summed E-state index contributed by atoms with van der Waals surface area (Å²) in [6, 6.07) is 0. The van der Waals surface area contributed by atoms with E-state index in [0.29, 0.717) is 12.2 Å². The molecule has 1 fully saturated rings. The summed E-state index contributed by atoms with van der Waals surface area (Å²) in [5, 5.41) is 0. The summed E-state index contributed by atoms with van der Waals surface area (Å²) in [6.07, 6.45) is 2.80. The lowest BCUT2D eigenvalue weighted by atomic mass is 10.3. The maximum atomic E-state index is 11.2. The molecule has 5 heteroatoms. The van der Waals surface area contributed by atoms with Gasteiger partial charge >= 0.3 is 0 Å². The van der Waals surface area contributed by atoms with Gasteiger partial charge in [0.1, 0.15) is 6.26 Å². The number of hydrogen-bond acceptors (Lipinski definition) is 4. The molecule has 0 atom stereocenters. The van der Waals surface area contributed by atoms with E-state index in [0.717, 1.165) is 0 Å². The molecule has 0 saturated carbocycles. The van der Waals surface area contributed by atoms with Gasteiger partial charge in [0.05, 0.1) is 25.2 Å². The Labute approximate surface area is 74.3 Å². The Morgan fingerprint density at radius 3 is 2.92 bits per heavy atom. The largest absolute Gasteiger partial charge is 0.451 e. The highest BCUT2D eigenvalue weighted by Gasteiger charge is 2.27. The molecule has 1 amide bonds. The number of hydrogen-bond donors (Lipinski definition) is 0. The van der Waals surface area contributed by atoms with Gasteiger partial charge in [-0.15, -0.1) is 0 Å². The molecule has 68 valence electrons. The molecule has 1 saturated heterocycles. The number of nitrogens with zero attached hydrogens (tertiary/aromatic N) is 2. The number of rotatable bonds is 2. The quantitative estimate of drug-likeness (QED) is 0.600. The van der Waals surface area contributed by atoms with Crippen LogP contribution < -0.4 is 0 Å². The summed E-state index contributed by atoms with van der Waals surface area (Å²) >= 11 is 0. The van der Waals surface area contributed by atoms with Gasteiger partial charge in [-0.25, -0.2) is 4.98 Å². The number of likely N-dealkylation sites (tertiary alicyclic amines) is 1. The van der Waals surface area contributed by atoms with E-state index < -0.39 is 0 Å². The fourth-order valence-electron chi connectivity index (χ4n) is 1.29. The van der Waals surface area contributed by atoms with Gasteiger partial charge in [0.25, 0.3) is 0 Å². The Morgan fingerprint density at radius 1 is 1.54 bits per heavy atom. The summed E-state index contributed by atoms with van der Waals surface area (Å²) in [5.74, 6) is -0.165. The Bertz CT molecular complexity index is 331. The zero-order valence-corrected chi connectivity index (χ0v) is 6.90. The first-order chi connectivity index (χ1) is 6.25. The van der Waals surface area contributed by atoms with Gasteiger partial charge in [0.15, 0.2) is 12.2 Å². The van der Waals surface area contributed by atoms with Crippen molar-refractivity contribution < 1.29 is 14.0 Å². The average molecular weight is 180 g/mol. The van der Waals surface area contributed by atoms with E-state index >= 15 is 0 Å². The molecular formula is C8H8N2O3. The van der Waals surface area contributed by atoms with Crippen molar-refractivity contribution in [2.24, 2.45) is 0 Å². The predicted octanol–water partition coefficient (Wildman–Crippen LogP) is -0.0240. The highest BCUT2D eigenvalue weighted by molar-refractivity contribution is 6.05. The molecule has 1 aromatic rings. The lowest BCUT2D eigenvalue weighted by molar-refractivity contribution is -0.128. The minimum atomic E-state index is -0.131. The van der Waals surface area contributed by atoms with E-state index in [4.69, 9.17) is 4.42 Å². The molecule has 0 bridgehead atoms. The molecule has 1 aromatic heterocycles. The van der Waals surface area contributed by atoms with Crippen LogP contribution in [0.1, 0.15) is 12.1 Å². The number of ketones is 1. The van der Waals surface area contributed by atoms with Crippen LogP contribution in [0.15, 0.2) is 17.1 Å². The third kappa shape index (κ3) is 1.58. The van der Waals surface area contributed by atoms with Gasteiger partial charge in [-0.3, -0.25) is 9.59 Å². The zero-order valence-electron chi connectivity index (χ0n) is 6.90. The fourth-order valence-corrected chi connectivity index (χ4v) is 1.29. The minimum absolute atomic E-state index is 0.0256. The van der Waals surface area contributed by atoms with Gasteiger partial charge in [0.2, 0.25) is 5.91 Å². The topological polar surface area (TPSA) is 63.4 Å². The molecule has 2 heterocycles. The Hall–Kier alpha value is -1.65. The van der Waals surface area contributed by atoms with E-state index in [1.165, 1.54) is 17.6 Å². The molecular weight excluding hydrogens is 172 g/mol. The van der Waals surface area contributed by atoms with Gasteiger partial charge in [0, 0.05) is 0 Å². The van der Waals surface area contributed by atoms with Crippen LogP contribution in [0.25, 0.3) is 0 Å². The molecule has 13 heavy (non-hydrogen) atoms. The number of aromatic nitrogens is 1. The van der Waals surface area contributed by atoms with E-state index in [1.807, 2.05) is 0 Å². The summed E-state index contributed by atoms with van der Waals surface area (Å²) in [5.41, 5.74) is 0.669. The van der Waals surface area contributed by atoms with Crippen LogP contribution in [0, 0.1) is 0 Å². The van der Waals surface area contributed by atoms with Crippen LogP contribution in [0.3, 0.4) is 0 Å². The number of Topliss-reactive ketones (excluding diaryl/α,β-unsaturated/α-hetero) is 1. The van der Waals surface area contributed by atoms with E-state index in [2.05, 4.69) is 4.98 Å². The molecule has 0 aromatic carbocycles. The maximum absolute atomic E-state index is 11.2. The Kier molecular flexibility index (Phi) is 1.84. The minimum Gasteiger partial charge on any atom is -0.451 e. The van der Waals surface area contributed by atoms with E-state index in [1.54, 1.807) is 0 Å². The van der Waals surface area contributed by atoms with Crippen molar-refractivity contribution in [1.82, 2.24) is 9.88 Å². The van der Waals surface area contributed by atoms with E-state index in [-0.39, 0.29) is 24.7 Å². The molecule has 0 unspecified atom stereocenters. The normalized spacial score (nSPS) is 17.1. The van der Waals surface area contributed by atoms with Gasteiger partial charge in [-0.1, -0.05) is 0 Å². The first kappa shape index (κ1) is 7.97. The smallest absolute Gasteiger partial charge is 0.230 e.